The fourth-order valence-corrected chi connectivity index (χ4v) is 2.82. The van der Waals surface area contributed by atoms with E-state index in [0.717, 1.165) is 24.9 Å². The van der Waals surface area contributed by atoms with Crippen molar-refractivity contribution in [1.82, 2.24) is 10.2 Å². The molecule has 0 saturated carbocycles. The number of carbonyl (C=O) groups is 1. The number of nitrogens with one attached hydrogen (secondary N) is 1. The quantitative estimate of drug-likeness (QED) is 0.923. The highest BCUT2D eigenvalue weighted by molar-refractivity contribution is 6.30. The molecular formula is C15H21ClN2O. The molecule has 2 unspecified atom stereocenters. The average Bonchev–Trinajstić information content (AvgIpc) is 2.38. The third kappa shape index (κ3) is 3.71. The Labute approximate surface area is 119 Å². The SMILES string of the molecule is CC1CCCNC1C(=O)N(C)Cc1cccc(Cl)c1. The number of benzene rings is 1. The number of halogens is 1. The van der Waals surface area contributed by atoms with Gasteiger partial charge in [0.1, 0.15) is 0 Å². The maximum atomic E-state index is 12.4. The molecule has 0 aromatic heterocycles. The fourth-order valence-electron chi connectivity index (χ4n) is 2.60. The number of hydrogen-bond donors (Lipinski definition) is 1. The molecule has 1 aliphatic rings. The van der Waals surface area contributed by atoms with Crippen LogP contribution in [0, 0.1) is 5.92 Å². The first-order valence-electron chi connectivity index (χ1n) is 6.80. The van der Waals surface area contributed by atoms with E-state index in [4.69, 9.17) is 11.6 Å². The van der Waals surface area contributed by atoms with E-state index in [0.29, 0.717) is 17.5 Å². The maximum Gasteiger partial charge on any atom is 0.240 e. The predicted octanol–water partition coefficient (Wildman–Crippen LogP) is 2.69. The Morgan fingerprint density at radius 2 is 2.32 bits per heavy atom. The van der Waals surface area contributed by atoms with Gasteiger partial charge in [-0.15, -0.1) is 0 Å². The van der Waals surface area contributed by atoms with E-state index in [9.17, 15) is 4.79 Å². The lowest BCUT2D eigenvalue weighted by atomic mass is 9.92. The van der Waals surface area contributed by atoms with Crippen LogP contribution in [0.1, 0.15) is 25.3 Å². The normalized spacial score (nSPS) is 23.1. The van der Waals surface area contributed by atoms with Crippen LogP contribution in [0.25, 0.3) is 0 Å². The molecule has 0 aliphatic carbocycles. The second kappa shape index (κ2) is 6.40. The highest BCUT2D eigenvalue weighted by atomic mass is 35.5. The van der Waals surface area contributed by atoms with Crippen LogP contribution < -0.4 is 5.32 Å². The first kappa shape index (κ1) is 14.4. The molecule has 1 aromatic carbocycles. The van der Waals surface area contributed by atoms with Crippen LogP contribution in [0.2, 0.25) is 5.02 Å². The van der Waals surface area contributed by atoms with Gasteiger partial charge in [0.15, 0.2) is 0 Å². The summed E-state index contributed by atoms with van der Waals surface area (Å²) in [5.74, 6) is 0.579. The summed E-state index contributed by atoms with van der Waals surface area (Å²) in [6, 6.07) is 7.61. The van der Waals surface area contributed by atoms with Gasteiger partial charge >= 0.3 is 0 Å². The van der Waals surface area contributed by atoms with E-state index in [1.54, 1.807) is 4.90 Å². The van der Waals surface area contributed by atoms with Crippen LogP contribution in [0.5, 0.6) is 0 Å². The molecular weight excluding hydrogens is 260 g/mol. The maximum absolute atomic E-state index is 12.4. The molecule has 3 nitrogen and oxygen atoms in total. The summed E-state index contributed by atoms with van der Waals surface area (Å²) in [5.41, 5.74) is 1.06. The van der Waals surface area contributed by atoms with E-state index < -0.39 is 0 Å². The topological polar surface area (TPSA) is 32.3 Å². The van der Waals surface area contributed by atoms with Crippen molar-refractivity contribution in [1.29, 1.82) is 0 Å². The summed E-state index contributed by atoms with van der Waals surface area (Å²) >= 11 is 5.96. The minimum Gasteiger partial charge on any atom is -0.340 e. The molecule has 1 aromatic rings. The number of carbonyl (C=O) groups excluding carboxylic acids is 1. The third-order valence-electron chi connectivity index (χ3n) is 3.72. The van der Waals surface area contributed by atoms with Gasteiger partial charge in [-0.05, 0) is 43.0 Å². The molecule has 2 rings (SSSR count). The van der Waals surface area contributed by atoms with E-state index in [1.165, 1.54) is 0 Å². The second-order valence-corrected chi connectivity index (χ2v) is 5.81. The number of nitrogens with zero attached hydrogens (tertiary/aromatic N) is 1. The monoisotopic (exact) mass is 280 g/mol. The summed E-state index contributed by atoms with van der Waals surface area (Å²) in [6.07, 6.45) is 2.28. The number of hydrogen-bond acceptors (Lipinski definition) is 2. The largest absolute Gasteiger partial charge is 0.340 e. The molecule has 104 valence electrons. The number of likely N-dealkylation sites (N-methyl/N-ethyl adjacent to an activating group) is 1. The number of rotatable bonds is 3. The van der Waals surface area contributed by atoms with Crippen LogP contribution in [0.4, 0.5) is 0 Å². The molecule has 2 atom stereocenters. The van der Waals surface area contributed by atoms with Crippen LogP contribution in [0.15, 0.2) is 24.3 Å². The van der Waals surface area contributed by atoms with Gasteiger partial charge in [-0.3, -0.25) is 4.79 Å². The molecule has 1 N–H and O–H groups in total. The van der Waals surface area contributed by atoms with Crippen molar-refractivity contribution in [2.75, 3.05) is 13.6 Å². The minimum atomic E-state index is -0.0436. The zero-order chi connectivity index (χ0) is 13.8. The molecule has 0 bridgehead atoms. The molecule has 1 heterocycles. The average molecular weight is 281 g/mol. The van der Waals surface area contributed by atoms with E-state index in [-0.39, 0.29) is 11.9 Å². The van der Waals surface area contributed by atoms with Gasteiger partial charge < -0.3 is 10.2 Å². The molecule has 19 heavy (non-hydrogen) atoms. The molecule has 1 fully saturated rings. The Balaban J connectivity index is 1.99. The van der Waals surface area contributed by atoms with Crippen LogP contribution in [-0.2, 0) is 11.3 Å². The Bertz CT molecular complexity index is 450. The van der Waals surface area contributed by atoms with Crippen LogP contribution >= 0.6 is 11.6 Å². The van der Waals surface area contributed by atoms with Crippen molar-refractivity contribution >= 4 is 17.5 Å². The molecule has 0 spiro atoms. The lowest BCUT2D eigenvalue weighted by molar-refractivity contribution is -0.134. The van der Waals surface area contributed by atoms with E-state index >= 15 is 0 Å². The highest BCUT2D eigenvalue weighted by Crippen LogP contribution is 2.18. The van der Waals surface area contributed by atoms with Gasteiger partial charge in [0.25, 0.3) is 0 Å². The first-order chi connectivity index (χ1) is 9.08. The van der Waals surface area contributed by atoms with Crippen LogP contribution in [0.3, 0.4) is 0 Å². The van der Waals surface area contributed by atoms with Gasteiger partial charge in [-0.25, -0.2) is 0 Å². The Kier molecular flexibility index (Phi) is 4.83. The summed E-state index contributed by atoms with van der Waals surface area (Å²) in [5, 5.41) is 4.04. The van der Waals surface area contributed by atoms with Crippen molar-refractivity contribution in [2.45, 2.75) is 32.4 Å². The highest BCUT2D eigenvalue weighted by Gasteiger charge is 2.29. The Hall–Kier alpha value is -1.06. The Morgan fingerprint density at radius 1 is 1.53 bits per heavy atom. The number of amides is 1. The van der Waals surface area contributed by atoms with E-state index in [1.807, 2.05) is 31.3 Å². The standard InChI is InChI=1S/C15H21ClN2O/c1-11-5-4-8-17-14(11)15(19)18(2)10-12-6-3-7-13(16)9-12/h3,6-7,9,11,14,17H,4-5,8,10H2,1-2H3. The first-order valence-corrected chi connectivity index (χ1v) is 7.18. The predicted molar refractivity (Wildman–Crippen MR) is 78.1 cm³/mol. The summed E-state index contributed by atoms with van der Waals surface area (Å²) in [7, 11) is 1.85. The summed E-state index contributed by atoms with van der Waals surface area (Å²) in [6.45, 7) is 3.68. The molecule has 1 amide bonds. The fraction of sp³-hybridized carbons (Fsp3) is 0.533. The molecule has 1 saturated heterocycles. The van der Waals surface area contributed by atoms with E-state index in [2.05, 4.69) is 12.2 Å². The zero-order valence-electron chi connectivity index (χ0n) is 11.5. The van der Waals surface area contributed by atoms with Gasteiger partial charge in [0.2, 0.25) is 5.91 Å². The van der Waals surface area contributed by atoms with Gasteiger partial charge in [-0.1, -0.05) is 30.7 Å². The van der Waals surface area contributed by atoms with Crippen molar-refractivity contribution in [3.63, 3.8) is 0 Å². The lowest BCUT2D eigenvalue weighted by Gasteiger charge is -2.32. The summed E-state index contributed by atoms with van der Waals surface area (Å²) < 4.78 is 0. The second-order valence-electron chi connectivity index (χ2n) is 5.38. The number of piperidine rings is 1. The van der Waals surface area contributed by atoms with Crippen molar-refractivity contribution in [3.8, 4) is 0 Å². The third-order valence-corrected chi connectivity index (χ3v) is 3.96. The van der Waals surface area contributed by atoms with Gasteiger partial charge in [0, 0.05) is 18.6 Å². The van der Waals surface area contributed by atoms with Crippen LogP contribution in [-0.4, -0.2) is 30.4 Å². The Morgan fingerprint density at radius 3 is 3.00 bits per heavy atom. The molecule has 4 heteroatoms. The molecule has 1 aliphatic heterocycles. The van der Waals surface area contributed by atoms with Crippen molar-refractivity contribution in [2.24, 2.45) is 5.92 Å². The summed E-state index contributed by atoms with van der Waals surface area (Å²) in [4.78, 5) is 14.2. The van der Waals surface area contributed by atoms with Crippen molar-refractivity contribution < 1.29 is 4.79 Å². The van der Waals surface area contributed by atoms with Gasteiger partial charge in [-0.2, -0.15) is 0 Å². The van der Waals surface area contributed by atoms with Gasteiger partial charge in [0.05, 0.1) is 6.04 Å². The smallest absolute Gasteiger partial charge is 0.240 e. The zero-order valence-corrected chi connectivity index (χ0v) is 12.3. The van der Waals surface area contributed by atoms with Crippen molar-refractivity contribution in [3.05, 3.63) is 34.9 Å². The minimum absolute atomic E-state index is 0.0436. The lowest BCUT2D eigenvalue weighted by Crippen LogP contribution is -2.51. The molecule has 0 radical (unpaired) electrons.